The van der Waals surface area contributed by atoms with E-state index >= 15 is 0 Å². The molecule has 5 nitrogen and oxygen atoms in total. The van der Waals surface area contributed by atoms with Gasteiger partial charge in [-0.1, -0.05) is 31.5 Å². The van der Waals surface area contributed by atoms with E-state index in [1.54, 1.807) is 24.3 Å². The summed E-state index contributed by atoms with van der Waals surface area (Å²) in [5.41, 5.74) is 1.82. The van der Waals surface area contributed by atoms with Crippen molar-refractivity contribution >= 4 is 39.1 Å². The van der Waals surface area contributed by atoms with Gasteiger partial charge in [-0.2, -0.15) is 0 Å². The summed E-state index contributed by atoms with van der Waals surface area (Å²) in [7, 11) is -4.10. The number of halogens is 1. The van der Waals surface area contributed by atoms with E-state index in [9.17, 15) is 17.6 Å². The van der Waals surface area contributed by atoms with Crippen molar-refractivity contribution in [3.63, 3.8) is 0 Å². The van der Waals surface area contributed by atoms with Crippen molar-refractivity contribution in [2.45, 2.75) is 36.0 Å². The summed E-state index contributed by atoms with van der Waals surface area (Å²) in [6, 6.07) is 19.0. The zero-order valence-corrected chi connectivity index (χ0v) is 20.3. The van der Waals surface area contributed by atoms with Gasteiger partial charge in [0.15, 0.2) is 0 Å². The van der Waals surface area contributed by atoms with Gasteiger partial charge in [-0.15, -0.1) is 11.8 Å². The average molecular weight is 487 g/mol. The minimum atomic E-state index is -4.10. The van der Waals surface area contributed by atoms with E-state index in [-0.39, 0.29) is 10.6 Å². The van der Waals surface area contributed by atoms with Crippen molar-refractivity contribution < 1.29 is 17.6 Å². The number of hydrogen-bond donors (Lipinski definition) is 1. The Bertz CT molecular complexity index is 1180. The summed E-state index contributed by atoms with van der Waals surface area (Å²) in [6.07, 6.45) is 5.04. The van der Waals surface area contributed by atoms with Crippen LogP contribution in [0.2, 0.25) is 0 Å². The topological polar surface area (TPSA) is 66.5 Å². The Kier molecular flexibility index (Phi) is 8.52. The lowest BCUT2D eigenvalue weighted by Crippen LogP contribution is -2.38. The molecule has 0 spiro atoms. The van der Waals surface area contributed by atoms with E-state index in [4.69, 9.17) is 0 Å². The fourth-order valence-corrected chi connectivity index (χ4v) is 5.11. The van der Waals surface area contributed by atoms with E-state index in [0.29, 0.717) is 5.69 Å². The Balaban J connectivity index is 1.84. The Morgan fingerprint density at radius 1 is 1.03 bits per heavy atom. The van der Waals surface area contributed by atoms with Gasteiger partial charge in [-0.3, -0.25) is 9.10 Å². The first kappa shape index (κ1) is 24.8. The number of nitrogens with zero attached hydrogens (tertiary/aromatic N) is 1. The summed E-state index contributed by atoms with van der Waals surface area (Å²) in [5, 5.41) is 2.74. The molecule has 0 saturated carbocycles. The number of thioether (sulfide) groups is 1. The smallest absolute Gasteiger partial charge is 0.264 e. The third-order valence-corrected chi connectivity index (χ3v) is 7.62. The van der Waals surface area contributed by atoms with Crippen LogP contribution in [0.1, 0.15) is 25.3 Å². The quantitative estimate of drug-likeness (QED) is 0.372. The number of sulfonamides is 1. The van der Waals surface area contributed by atoms with Crippen LogP contribution in [0.15, 0.2) is 82.6 Å². The highest BCUT2D eigenvalue weighted by Crippen LogP contribution is 2.26. The molecule has 0 radical (unpaired) electrons. The number of carbonyl (C=O) groups excluding carboxylic acids is 1. The number of hydrogen-bond acceptors (Lipinski definition) is 4. The highest BCUT2D eigenvalue weighted by Gasteiger charge is 2.27. The number of benzene rings is 3. The molecule has 3 aromatic rings. The van der Waals surface area contributed by atoms with Crippen LogP contribution in [0.5, 0.6) is 0 Å². The number of rotatable bonds is 10. The van der Waals surface area contributed by atoms with E-state index in [2.05, 4.69) is 12.2 Å². The molecule has 0 aliphatic heterocycles. The van der Waals surface area contributed by atoms with Crippen molar-refractivity contribution in [3.05, 3.63) is 84.2 Å². The zero-order chi connectivity index (χ0) is 23.8. The fourth-order valence-electron chi connectivity index (χ4n) is 3.29. The minimum absolute atomic E-state index is 0.0256. The van der Waals surface area contributed by atoms with Gasteiger partial charge >= 0.3 is 0 Å². The van der Waals surface area contributed by atoms with Gasteiger partial charge in [0, 0.05) is 10.6 Å². The predicted octanol–water partition coefficient (Wildman–Crippen LogP) is 5.72. The molecule has 0 aliphatic carbocycles. The molecule has 0 bridgehead atoms. The zero-order valence-electron chi connectivity index (χ0n) is 18.6. The fraction of sp³-hybridized carbons (Fsp3) is 0.240. The number of carbonyl (C=O) groups is 1. The lowest BCUT2D eigenvalue weighted by molar-refractivity contribution is -0.114. The average Bonchev–Trinajstić information content (AvgIpc) is 2.82. The van der Waals surface area contributed by atoms with Crippen molar-refractivity contribution in [1.29, 1.82) is 0 Å². The van der Waals surface area contributed by atoms with Crippen molar-refractivity contribution in [1.82, 2.24) is 0 Å². The first-order valence-corrected chi connectivity index (χ1v) is 13.3. The van der Waals surface area contributed by atoms with Gasteiger partial charge in [0.2, 0.25) is 5.91 Å². The largest absolute Gasteiger partial charge is 0.325 e. The first-order valence-electron chi connectivity index (χ1n) is 10.6. The van der Waals surface area contributed by atoms with Gasteiger partial charge < -0.3 is 5.32 Å². The van der Waals surface area contributed by atoms with Gasteiger partial charge in [0.05, 0.1) is 10.6 Å². The van der Waals surface area contributed by atoms with E-state index < -0.39 is 28.3 Å². The number of anilines is 2. The normalized spacial score (nSPS) is 11.2. The molecule has 0 saturated heterocycles. The van der Waals surface area contributed by atoms with Crippen molar-refractivity contribution in [3.8, 4) is 0 Å². The number of unbranched alkanes of at least 4 members (excludes halogenated alkanes) is 1. The van der Waals surface area contributed by atoms with Crippen LogP contribution in [0, 0.1) is 5.82 Å². The molecule has 8 heteroatoms. The van der Waals surface area contributed by atoms with Crippen LogP contribution in [-0.4, -0.2) is 27.1 Å². The van der Waals surface area contributed by atoms with Gasteiger partial charge in [-0.25, -0.2) is 12.8 Å². The molecular formula is C25H27FN2O3S2. The summed E-state index contributed by atoms with van der Waals surface area (Å²) in [4.78, 5) is 13.7. The third kappa shape index (κ3) is 6.58. The lowest BCUT2D eigenvalue weighted by atomic mass is 10.1. The molecule has 0 atom stereocenters. The monoisotopic (exact) mass is 486 g/mol. The molecule has 174 valence electrons. The molecular weight excluding hydrogens is 459 g/mol. The third-order valence-electron chi connectivity index (χ3n) is 5.09. The molecule has 3 rings (SSSR count). The van der Waals surface area contributed by atoms with Gasteiger partial charge in [0.25, 0.3) is 10.0 Å². The molecule has 3 aromatic carbocycles. The second-order valence-corrected chi connectivity index (χ2v) is 10.3. The van der Waals surface area contributed by atoms with Crippen LogP contribution in [-0.2, 0) is 21.2 Å². The Morgan fingerprint density at radius 2 is 1.73 bits per heavy atom. The Labute approximate surface area is 199 Å². The second kappa shape index (κ2) is 11.3. The molecule has 1 N–H and O–H groups in total. The molecule has 0 heterocycles. The molecule has 0 unspecified atom stereocenters. The number of nitrogens with one attached hydrogen (secondary N) is 1. The van der Waals surface area contributed by atoms with E-state index in [1.807, 2.05) is 18.4 Å². The van der Waals surface area contributed by atoms with E-state index in [0.717, 1.165) is 34.5 Å². The van der Waals surface area contributed by atoms with Crippen LogP contribution in [0.25, 0.3) is 0 Å². The van der Waals surface area contributed by atoms with Crippen LogP contribution in [0.3, 0.4) is 0 Å². The SMILES string of the molecule is CCCCc1ccc(NC(=O)CN(c2cccc(F)c2)S(=O)(=O)c2ccc(SC)cc2)cc1. The van der Waals surface area contributed by atoms with Crippen LogP contribution in [0.4, 0.5) is 15.8 Å². The second-order valence-electron chi connectivity index (χ2n) is 7.52. The number of aryl methyl sites for hydroxylation is 1. The van der Waals surface area contributed by atoms with E-state index in [1.165, 1.54) is 47.7 Å². The van der Waals surface area contributed by atoms with Crippen molar-refractivity contribution in [2.75, 3.05) is 22.4 Å². The first-order chi connectivity index (χ1) is 15.8. The maximum Gasteiger partial charge on any atom is 0.264 e. The summed E-state index contributed by atoms with van der Waals surface area (Å²) in [6.45, 7) is 1.64. The summed E-state index contributed by atoms with van der Waals surface area (Å²) in [5.74, 6) is -1.11. The summed E-state index contributed by atoms with van der Waals surface area (Å²) < 4.78 is 41.6. The van der Waals surface area contributed by atoms with Gasteiger partial charge in [-0.05, 0) is 79.3 Å². The number of amides is 1. The maximum atomic E-state index is 13.9. The predicted molar refractivity (Wildman–Crippen MR) is 133 cm³/mol. The summed E-state index contributed by atoms with van der Waals surface area (Å²) >= 11 is 1.49. The molecule has 0 aromatic heterocycles. The highest BCUT2D eigenvalue weighted by molar-refractivity contribution is 7.98. The molecule has 33 heavy (non-hydrogen) atoms. The highest BCUT2D eigenvalue weighted by atomic mass is 32.2. The maximum absolute atomic E-state index is 13.9. The van der Waals surface area contributed by atoms with Crippen LogP contribution >= 0.6 is 11.8 Å². The van der Waals surface area contributed by atoms with Gasteiger partial charge in [0.1, 0.15) is 12.4 Å². The Hall–Kier alpha value is -2.84. The van der Waals surface area contributed by atoms with Crippen molar-refractivity contribution in [2.24, 2.45) is 0 Å². The molecule has 0 aliphatic rings. The van der Waals surface area contributed by atoms with Crippen LogP contribution < -0.4 is 9.62 Å². The Morgan fingerprint density at radius 3 is 2.33 bits per heavy atom. The molecule has 0 fully saturated rings. The molecule has 1 amide bonds. The standard InChI is InChI=1S/C25H27FN2O3S2/c1-3-4-6-19-9-11-21(12-10-19)27-25(29)18-28(22-8-5-7-20(26)17-22)33(30,31)24-15-13-23(32-2)14-16-24/h5,7-17H,3-4,6,18H2,1-2H3,(H,27,29). The lowest BCUT2D eigenvalue weighted by Gasteiger charge is -2.24. The minimum Gasteiger partial charge on any atom is -0.325 e.